The molecular formula is C22H16NO3P. The van der Waals surface area contributed by atoms with Crippen molar-refractivity contribution < 1.29 is 9.09 Å². The Kier molecular flexibility index (Phi) is 3.40. The van der Waals surface area contributed by atoms with Crippen LogP contribution in [0.5, 0.6) is 5.75 Å². The van der Waals surface area contributed by atoms with Crippen molar-refractivity contribution in [1.29, 1.82) is 0 Å². The molecule has 1 atom stereocenters. The molecule has 0 saturated carbocycles. The fraction of sp³-hybridized carbons (Fsp3) is 0.0455. The summed E-state index contributed by atoms with van der Waals surface area (Å²) in [7, 11) is -1.89. The van der Waals surface area contributed by atoms with E-state index in [1.807, 2.05) is 60.7 Å². The summed E-state index contributed by atoms with van der Waals surface area (Å²) in [6.07, 6.45) is 0. The second kappa shape index (κ2) is 5.70. The van der Waals surface area contributed by atoms with E-state index in [-0.39, 0.29) is 10.9 Å². The Morgan fingerprint density at radius 2 is 1.48 bits per heavy atom. The zero-order valence-corrected chi connectivity index (χ0v) is 15.5. The molecule has 0 fully saturated rings. The van der Waals surface area contributed by atoms with Gasteiger partial charge in [-0.1, -0.05) is 54.6 Å². The summed E-state index contributed by atoms with van der Waals surface area (Å²) in [6, 6.07) is 24.2. The van der Waals surface area contributed by atoms with Gasteiger partial charge in [0.1, 0.15) is 11.1 Å². The Labute approximate surface area is 156 Å². The highest BCUT2D eigenvalue weighted by Gasteiger charge is 2.40. The van der Waals surface area contributed by atoms with E-state index in [1.54, 1.807) is 25.2 Å². The molecule has 1 unspecified atom stereocenters. The Bertz CT molecular complexity index is 1320. The normalized spacial score (nSPS) is 17.8. The first-order valence-electron chi connectivity index (χ1n) is 8.67. The fourth-order valence-corrected chi connectivity index (χ4v) is 6.11. The van der Waals surface area contributed by atoms with Gasteiger partial charge in [-0.3, -0.25) is 9.36 Å². The van der Waals surface area contributed by atoms with E-state index in [0.29, 0.717) is 11.1 Å². The first kappa shape index (κ1) is 16.1. The summed E-state index contributed by atoms with van der Waals surface area (Å²) >= 11 is 0. The van der Waals surface area contributed by atoms with E-state index in [2.05, 4.69) is 0 Å². The first-order valence-corrected chi connectivity index (χ1v) is 10.3. The predicted octanol–water partition coefficient (Wildman–Crippen LogP) is 3.83. The second-order valence-corrected chi connectivity index (χ2v) is 8.86. The molecule has 27 heavy (non-hydrogen) atoms. The van der Waals surface area contributed by atoms with Crippen molar-refractivity contribution in [2.45, 2.75) is 0 Å². The minimum atomic E-state index is -3.59. The molecule has 1 aliphatic heterocycles. The van der Waals surface area contributed by atoms with Gasteiger partial charge in [0.05, 0.1) is 10.8 Å². The fourth-order valence-electron chi connectivity index (χ4n) is 3.71. The maximum atomic E-state index is 14.2. The summed E-state index contributed by atoms with van der Waals surface area (Å²) in [5, 5.41) is 1.62. The molecule has 2 heterocycles. The number of pyridine rings is 1. The Morgan fingerprint density at radius 3 is 2.33 bits per heavy atom. The highest BCUT2D eigenvalue weighted by atomic mass is 31.2. The number of benzene rings is 3. The van der Waals surface area contributed by atoms with Gasteiger partial charge in [0, 0.05) is 12.6 Å². The molecule has 0 N–H and O–H groups in total. The van der Waals surface area contributed by atoms with Crippen LogP contribution in [0.1, 0.15) is 0 Å². The monoisotopic (exact) mass is 373 g/mol. The molecule has 0 saturated heterocycles. The average Bonchev–Trinajstić information content (AvgIpc) is 2.71. The molecule has 0 bridgehead atoms. The van der Waals surface area contributed by atoms with E-state index in [1.165, 1.54) is 4.57 Å². The molecule has 132 valence electrons. The summed E-state index contributed by atoms with van der Waals surface area (Å²) in [5.41, 5.74) is 2.23. The van der Waals surface area contributed by atoms with Crippen molar-refractivity contribution in [1.82, 2.24) is 4.57 Å². The van der Waals surface area contributed by atoms with Crippen molar-refractivity contribution in [3.63, 3.8) is 0 Å². The molecule has 0 amide bonds. The van der Waals surface area contributed by atoms with Crippen LogP contribution < -0.4 is 20.7 Å². The molecule has 5 rings (SSSR count). The maximum absolute atomic E-state index is 14.2. The molecule has 3 aromatic carbocycles. The van der Waals surface area contributed by atoms with Crippen molar-refractivity contribution in [3.8, 4) is 16.9 Å². The number of fused-ring (bicyclic) bond motifs is 4. The Balaban J connectivity index is 1.87. The number of hydrogen-bond donors (Lipinski definition) is 0. The van der Waals surface area contributed by atoms with Crippen LogP contribution in [0.15, 0.2) is 83.7 Å². The number of hydrogen-bond acceptors (Lipinski definition) is 3. The molecular weight excluding hydrogens is 357 g/mol. The minimum absolute atomic E-state index is 0.200. The molecule has 4 nitrogen and oxygen atoms in total. The van der Waals surface area contributed by atoms with E-state index in [4.69, 9.17) is 4.52 Å². The van der Waals surface area contributed by atoms with Gasteiger partial charge in [-0.05, 0) is 35.2 Å². The van der Waals surface area contributed by atoms with Crippen LogP contribution in [0.3, 0.4) is 0 Å². The molecule has 0 radical (unpaired) electrons. The summed E-state index contributed by atoms with van der Waals surface area (Å²) in [5.74, 6) is 0.537. The zero-order valence-electron chi connectivity index (χ0n) is 14.6. The minimum Gasteiger partial charge on any atom is -0.436 e. The van der Waals surface area contributed by atoms with Gasteiger partial charge in [0.25, 0.3) is 5.56 Å². The lowest BCUT2D eigenvalue weighted by Gasteiger charge is -2.28. The smallest absolute Gasteiger partial charge is 0.312 e. The van der Waals surface area contributed by atoms with Crippen LogP contribution >= 0.6 is 7.37 Å². The van der Waals surface area contributed by atoms with Crippen LogP contribution in [-0.2, 0) is 11.6 Å². The second-order valence-electron chi connectivity index (χ2n) is 6.61. The maximum Gasteiger partial charge on any atom is 0.312 e. The van der Waals surface area contributed by atoms with Crippen LogP contribution in [-0.4, -0.2) is 4.57 Å². The van der Waals surface area contributed by atoms with Crippen molar-refractivity contribution in [2.75, 3.05) is 0 Å². The van der Waals surface area contributed by atoms with Crippen molar-refractivity contribution in [3.05, 3.63) is 89.2 Å². The number of aryl methyl sites for hydroxylation is 1. The summed E-state index contributed by atoms with van der Waals surface area (Å²) in [6.45, 7) is 0. The number of aromatic nitrogens is 1. The Hall–Kier alpha value is -3.10. The van der Waals surface area contributed by atoms with Crippen LogP contribution in [0.4, 0.5) is 0 Å². The average molecular weight is 373 g/mol. The highest BCUT2D eigenvalue weighted by Crippen LogP contribution is 2.53. The van der Waals surface area contributed by atoms with Gasteiger partial charge in [-0.15, -0.1) is 0 Å². The molecule has 0 aliphatic carbocycles. The molecule has 1 aromatic heterocycles. The number of para-hydroxylation sites is 2. The standard InChI is InChI=1S/C22H16NO3P/c1-23-18-11-5-2-8-15(18)14-21(22(23)24)27(25)20-13-7-4-10-17(20)16-9-3-6-12-19(16)26-27/h2-14H,1H3. The lowest BCUT2D eigenvalue weighted by atomic mass is 10.0. The van der Waals surface area contributed by atoms with Gasteiger partial charge in [-0.25, -0.2) is 0 Å². The molecule has 1 aliphatic rings. The van der Waals surface area contributed by atoms with Gasteiger partial charge >= 0.3 is 7.37 Å². The quantitative estimate of drug-likeness (QED) is 0.477. The lowest BCUT2D eigenvalue weighted by molar-refractivity contribution is 0.501. The zero-order chi connectivity index (χ0) is 18.6. The first-order chi connectivity index (χ1) is 13.1. The van der Waals surface area contributed by atoms with Crippen molar-refractivity contribution >= 4 is 28.9 Å². The van der Waals surface area contributed by atoms with Gasteiger partial charge in [0.2, 0.25) is 0 Å². The van der Waals surface area contributed by atoms with E-state index < -0.39 is 7.37 Å². The van der Waals surface area contributed by atoms with Crippen molar-refractivity contribution in [2.24, 2.45) is 7.05 Å². The predicted molar refractivity (Wildman–Crippen MR) is 109 cm³/mol. The third-order valence-electron chi connectivity index (χ3n) is 5.06. The third kappa shape index (κ3) is 2.23. The summed E-state index contributed by atoms with van der Waals surface area (Å²) < 4.78 is 21.8. The largest absolute Gasteiger partial charge is 0.436 e. The molecule has 4 aromatic rings. The van der Waals surface area contributed by atoms with Gasteiger partial charge in [0.15, 0.2) is 0 Å². The van der Waals surface area contributed by atoms with Gasteiger partial charge in [-0.2, -0.15) is 0 Å². The van der Waals surface area contributed by atoms with E-state index in [9.17, 15) is 9.36 Å². The topological polar surface area (TPSA) is 48.3 Å². The highest BCUT2D eigenvalue weighted by molar-refractivity contribution is 7.75. The van der Waals surface area contributed by atoms with E-state index in [0.717, 1.165) is 22.0 Å². The summed E-state index contributed by atoms with van der Waals surface area (Å²) in [4.78, 5) is 13.1. The number of nitrogens with zero attached hydrogens (tertiary/aromatic N) is 1. The SMILES string of the molecule is Cn1c(=O)c(P2(=O)Oc3ccccc3-c3ccccc32)cc2ccccc21. The third-order valence-corrected chi connectivity index (χ3v) is 7.49. The number of rotatable bonds is 1. The molecule has 0 spiro atoms. The van der Waals surface area contributed by atoms with Crippen LogP contribution in [0.25, 0.3) is 22.0 Å². The Morgan fingerprint density at radius 1 is 0.815 bits per heavy atom. The van der Waals surface area contributed by atoms with Crippen LogP contribution in [0, 0.1) is 0 Å². The van der Waals surface area contributed by atoms with Gasteiger partial charge < -0.3 is 9.09 Å². The van der Waals surface area contributed by atoms with E-state index >= 15 is 0 Å². The lowest BCUT2D eigenvalue weighted by Crippen LogP contribution is -2.38. The van der Waals surface area contributed by atoms with Crippen LogP contribution in [0.2, 0.25) is 0 Å². The molecule has 5 heteroatoms.